The van der Waals surface area contributed by atoms with Gasteiger partial charge in [-0.2, -0.15) is 0 Å². The predicted octanol–water partition coefficient (Wildman–Crippen LogP) is 2.01. The highest BCUT2D eigenvalue weighted by Crippen LogP contribution is 2.14. The lowest BCUT2D eigenvalue weighted by Crippen LogP contribution is -2.28. The van der Waals surface area contributed by atoms with Crippen molar-refractivity contribution < 1.29 is 13.6 Å². The first-order valence-electron chi connectivity index (χ1n) is 5.12. The van der Waals surface area contributed by atoms with Crippen LogP contribution in [0.15, 0.2) is 30.7 Å². The van der Waals surface area contributed by atoms with Crippen molar-refractivity contribution in [3.8, 4) is 0 Å². The first-order chi connectivity index (χ1) is 8.65. The van der Waals surface area contributed by atoms with Crippen molar-refractivity contribution in [1.82, 2.24) is 15.3 Å². The summed E-state index contributed by atoms with van der Waals surface area (Å²) in [7, 11) is 0. The van der Waals surface area contributed by atoms with Crippen LogP contribution in [0.2, 0.25) is 0 Å². The summed E-state index contributed by atoms with van der Waals surface area (Å²) in [6.07, 6.45) is 3.04. The van der Waals surface area contributed by atoms with Gasteiger partial charge in [0.15, 0.2) is 0 Å². The minimum atomic E-state index is -0.827. The number of anilines is 1. The van der Waals surface area contributed by atoms with E-state index in [1.807, 2.05) is 0 Å². The SMILES string of the molecule is O=C(NCc1cnc[nH]1)Nc1ccc(F)cc1F. The average molecular weight is 252 g/mol. The molecule has 0 spiro atoms. The summed E-state index contributed by atoms with van der Waals surface area (Å²) in [4.78, 5) is 18.0. The number of halogens is 2. The number of urea groups is 1. The normalized spacial score (nSPS) is 10.1. The number of aromatic nitrogens is 2. The number of nitrogens with one attached hydrogen (secondary N) is 3. The largest absolute Gasteiger partial charge is 0.347 e. The topological polar surface area (TPSA) is 69.8 Å². The highest BCUT2D eigenvalue weighted by molar-refractivity contribution is 5.89. The molecule has 0 aliphatic heterocycles. The lowest BCUT2D eigenvalue weighted by Gasteiger charge is -2.07. The molecule has 1 aromatic heterocycles. The summed E-state index contributed by atoms with van der Waals surface area (Å²) >= 11 is 0. The molecule has 3 N–H and O–H groups in total. The summed E-state index contributed by atoms with van der Waals surface area (Å²) in [6.45, 7) is 0.231. The molecule has 2 rings (SSSR count). The number of aromatic amines is 1. The van der Waals surface area contributed by atoms with Crippen LogP contribution in [0.25, 0.3) is 0 Å². The molecule has 1 aromatic carbocycles. The molecule has 2 amide bonds. The van der Waals surface area contributed by atoms with Crippen molar-refractivity contribution in [2.45, 2.75) is 6.54 Å². The van der Waals surface area contributed by atoms with E-state index in [4.69, 9.17) is 0 Å². The van der Waals surface area contributed by atoms with Gasteiger partial charge >= 0.3 is 6.03 Å². The van der Waals surface area contributed by atoms with Crippen molar-refractivity contribution >= 4 is 11.7 Å². The second-order valence-electron chi connectivity index (χ2n) is 3.51. The van der Waals surface area contributed by atoms with Crippen LogP contribution in [0.5, 0.6) is 0 Å². The molecule has 94 valence electrons. The summed E-state index contributed by atoms with van der Waals surface area (Å²) in [5.74, 6) is -1.53. The van der Waals surface area contributed by atoms with E-state index < -0.39 is 17.7 Å². The summed E-state index contributed by atoms with van der Waals surface area (Å²) in [5.41, 5.74) is 0.628. The van der Waals surface area contributed by atoms with E-state index in [0.29, 0.717) is 11.8 Å². The van der Waals surface area contributed by atoms with E-state index >= 15 is 0 Å². The highest BCUT2D eigenvalue weighted by atomic mass is 19.1. The Balaban J connectivity index is 1.91. The lowest BCUT2D eigenvalue weighted by atomic mass is 10.3. The zero-order chi connectivity index (χ0) is 13.0. The van der Waals surface area contributed by atoms with Crippen molar-refractivity contribution in [3.63, 3.8) is 0 Å². The molecule has 0 fully saturated rings. The number of hydrogen-bond acceptors (Lipinski definition) is 2. The second-order valence-corrected chi connectivity index (χ2v) is 3.51. The van der Waals surface area contributed by atoms with Crippen molar-refractivity contribution in [2.75, 3.05) is 5.32 Å². The Morgan fingerprint density at radius 3 is 2.89 bits per heavy atom. The molecular formula is C11H10F2N4O. The molecule has 0 saturated heterocycles. The van der Waals surface area contributed by atoms with E-state index in [-0.39, 0.29) is 12.2 Å². The number of benzene rings is 1. The highest BCUT2D eigenvalue weighted by Gasteiger charge is 2.07. The molecule has 7 heteroatoms. The standard InChI is InChI=1S/C11H10F2N4O/c12-7-1-2-10(9(13)3-7)17-11(18)15-5-8-4-14-6-16-8/h1-4,6H,5H2,(H,14,16)(H2,15,17,18). The Morgan fingerprint density at radius 1 is 1.39 bits per heavy atom. The van der Waals surface area contributed by atoms with Crippen molar-refractivity contribution in [1.29, 1.82) is 0 Å². The van der Waals surface area contributed by atoms with Crippen LogP contribution in [-0.4, -0.2) is 16.0 Å². The Hall–Kier alpha value is -2.44. The number of amides is 2. The van der Waals surface area contributed by atoms with Crippen LogP contribution in [0.4, 0.5) is 19.3 Å². The molecule has 0 aliphatic carbocycles. The molecular weight excluding hydrogens is 242 g/mol. The Morgan fingerprint density at radius 2 is 2.22 bits per heavy atom. The molecule has 2 aromatic rings. The van der Waals surface area contributed by atoms with Crippen molar-refractivity contribution in [2.24, 2.45) is 0 Å². The van der Waals surface area contributed by atoms with E-state index in [0.717, 1.165) is 12.1 Å². The maximum Gasteiger partial charge on any atom is 0.319 e. The molecule has 0 atom stereocenters. The van der Waals surface area contributed by atoms with Crippen LogP contribution in [0.1, 0.15) is 5.69 Å². The number of rotatable bonds is 3. The van der Waals surface area contributed by atoms with Gasteiger partial charge in [-0.1, -0.05) is 0 Å². The third kappa shape index (κ3) is 3.03. The summed E-state index contributed by atoms with van der Waals surface area (Å²) in [5, 5.41) is 4.77. The maximum absolute atomic E-state index is 13.2. The number of H-pyrrole nitrogens is 1. The number of carbonyl (C=O) groups excluding carboxylic acids is 1. The number of nitrogens with zero attached hydrogens (tertiary/aromatic N) is 1. The van der Waals surface area contributed by atoms with E-state index in [9.17, 15) is 13.6 Å². The number of imidazole rings is 1. The van der Waals surface area contributed by atoms with Crippen LogP contribution in [-0.2, 0) is 6.54 Å². The van der Waals surface area contributed by atoms with Crippen LogP contribution < -0.4 is 10.6 Å². The molecule has 0 aliphatic rings. The molecule has 1 heterocycles. The molecule has 0 unspecified atom stereocenters. The number of carbonyl (C=O) groups is 1. The lowest BCUT2D eigenvalue weighted by molar-refractivity contribution is 0.251. The predicted molar refractivity (Wildman–Crippen MR) is 60.8 cm³/mol. The van der Waals surface area contributed by atoms with Gasteiger partial charge < -0.3 is 15.6 Å². The molecule has 5 nitrogen and oxygen atoms in total. The van der Waals surface area contributed by atoms with Gasteiger partial charge in [0.2, 0.25) is 0 Å². The van der Waals surface area contributed by atoms with Crippen molar-refractivity contribution in [3.05, 3.63) is 48.1 Å². The third-order valence-corrected chi connectivity index (χ3v) is 2.17. The average Bonchev–Trinajstić information content (AvgIpc) is 2.83. The molecule has 0 radical (unpaired) electrons. The fraction of sp³-hybridized carbons (Fsp3) is 0.0909. The van der Waals surface area contributed by atoms with E-state index in [1.54, 1.807) is 6.20 Å². The summed E-state index contributed by atoms with van der Waals surface area (Å²) < 4.78 is 25.9. The molecule has 18 heavy (non-hydrogen) atoms. The first kappa shape index (κ1) is 12.0. The first-order valence-corrected chi connectivity index (χ1v) is 5.12. The maximum atomic E-state index is 13.2. The van der Waals surface area contributed by atoms with Crippen LogP contribution in [0.3, 0.4) is 0 Å². The molecule has 0 saturated carbocycles. The Bertz CT molecular complexity index is 542. The Kier molecular flexibility index (Phi) is 3.52. The fourth-order valence-corrected chi connectivity index (χ4v) is 1.31. The smallest absolute Gasteiger partial charge is 0.319 e. The van der Waals surface area contributed by atoms with Crippen LogP contribution >= 0.6 is 0 Å². The molecule has 0 bridgehead atoms. The Labute approximate surface area is 101 Å². The number of hydrogen-bond donors (Lipinski definition) is 3. The van der Waals surface area contributed by atoms with Gasteiger partial charge in [0.1, 0.15) is 11.6 Å². The fourth-order valence-electron chi connectivity index (χ4n) is 1.31. The van der Waals surface area contributed by atoms with Gasteiger partial charge in [0, 0.05) is 12.3 Å². The van der Waals surface area contributed by atoms with Gasteiger partial charge in [-0.3, -0.25) is 0 Å². The monoisotopic (exact) mass is 252 g/mol. The minimum absolute atomic E-state index is 0.0847. The zero-order valence-electron chi connectivity index (χ0n) is 9.21. The van der Waals surface area contributed by atoms with Gasteiger partial charge in [0.25, 0.3) is 0 Å². The second kappa shape index (κ2) is 5.26. The summed E-state index contributed by atoms with van der Waals surface area (Å²) in [6, 6.07) is 2.33. The quantitative estimate of drug-likeness (QED) is 0.782. The van der Waals surface area contributed by atoms with Gasteiger partial charge in [-0.25, -0.2) is 18.6 Å². The van der Waals surface area contributed by atoms with Gasteiger partial charge in [-0.15, -0.1) is 0 Å². The third-order valence-electron chi connectivity index (χ3n) is 2.17. The minimum Gasteiger partial charge on any atom is -0.347 e. The van der Waals surface area contributed by atoms with E-state index in [2.05, 4.69) is 20.6 Å². The van der Waals surface area contributed by atoms with Gasteiger partial charge in [0.05, 0.1) is 24.3 Å². The zero-order valence-corrected chi connectivity index (χ0v) is 9.21. The van der Waals surface area contributed by atoms with Gasteiger partial charge in [-0.05, 0) is 12.1 Å². The van der Waals surface area contributed by atoms with E-state index in [1.165, 1.54) is 6.33 Å². The van der Waals surface area contributed by atoms with Crippen LogP contribution in [0, 0.1) is 11.6 Å².